The van der Waals surface area contributed by atoms with Crippen molar-refractivity contribution in [3.8, 4) is 0 Å². The summed E-state index contributed by atoms with van der Waals surface area (Å²) in [5.41, 5.74) is 8.40. The summed E-state index contributed by atoms with van der Waals surface area (Å²) in [6.45, 7) is 2.09. The topological polar surface area (TPSA) is 38.9 Å². The van der Waals surface area contributed by atoms with Gasteiger partial charge in [0.05, 0.1) is 6.04 Å². The third-order valence-corrected chi connectivity index (χ3v) is 3.05. The first-order valence-corrected chi connectivity index (χ1v) is 5.36. The minimum absolute atomic E-state index is 0.0250. The van der Waals surface area contributed by atoms with Crippen LogP contribution in [-0.4, -0.2) is 4.98 Å². The van der Waals surface area contributed by atoms with Crippen molar-refractivity contribution in [2.75, 3.05) is 0 Å². The second-order valence-corrected chi connectivity index (χ2v) is 4.36. The van der Waals surface area contributed by atoms with E-state index in [0.29, 0.717) is 0 Å². The number of hydrogen-bond acceptors (Lipinski definition) is 3. The predicted molar refractivity (Wildman–Crippen MR) is 59.3 cm³/mol. The minimum atomic E-state index is -0.0250. The van der Waals surface area contributed by atoms with Crippen molar-refractivity contribution in [2.45, 2.75) is 13.0 Å². The summed E-state index contributed by atoms with van der Waals surface area (Å²) in [7, 11) is 0. The van der Waals surface area contributed by atoms with Crippen molar-refractivity contribution in [1.29, 1.82) is 0 Å². The molecule has 0 saturated carbocycles. The average Bonchev–Trinajstić information content (AvgIpc) is 2.65. The lowest BCUT2D eigenvalue weighted by atomic mass is 10.0. The van der Waals surface area contributed by atoms with E-state index in [1.165, 1.54) is 10.4 Å². The molecule has 0 amide bonds. The first-order chi connectivity index (χ1) is 6.77. The van der Waals surface area contributed by atoms with Crippen LogP contribution >= 0.6 is 11.3 Å². The van der Waals surface area contributed by atoms with Gasteiger partial charge in [0.25, 0.3) is 0 Å². The average molecular weight is 204 g/mol. The van der Waals surface area contributed by atoms with Gasteiger partial charge in [0.2, 0.25) is 0 Å². The van der Waals surface area contributed by atoms with E-state index in [-0.39, 0.29) is 6.04 Å². The molecule has 0 fully saturated rings. The van der Waals surface area contributed by atoms with E-state index in [2.05, 4.69) is 23.4 Å². The summed E-state index contributed by atoms with van der Waals surface area (Å²) in [6, 6.07) is 6.02. The van der Waals surface area contributed by atoms with Gasteiger partial charge in [-0.2, -0.15) is 0 Å². The van der Waals surface area contributed by atoms with Gasteiger partial charge < -0.3 is 5.73 Å². The van der Waals surface area contributed by atoms with Gasteiger partial charge >= 0.3 is 0 Å². The van der Waals surface area contributed by atoms with Gasteiger partial charge in [0.15, 0.2) is 0 Å². The van der Waals surface area contributed by atoms with E-state index >= 15 is 0 Å². The standard InChI is InChI=1S/C11H12N2S/c1-8-6-10(7-14-8)11(12)9-2-4-13-5-3-9/h2-7,11H,12H2,1H3. The Kier molecular flexibility index (Phi) is 2.61. The Morgan fingerprint density at radius 3 is 2.57 bits per heavy atom. The molecule has 3 heteroatoms. The van der Waals surface area contributed by atoms with Gasteiger partial charge in [-0.15, -0.1) is 11.3 Å². The molecule has 0 saturated heterocycles. The molecule has 1 atom stereocenters. The first kappa shape index (κ1) is 9.37. The lowest BCUT2D eigenvalue weighted by Crippen LogP contribution is -2.10. The molecule has 2 N–H and O–H groups in total. The molecule has 2 aromatic heterocycles. The van der Waals surface area contributed by atoms with E-state index in [1.54, 1.807) is 23.7 Å². The molecule has 2 aromatic rings. The minimum Gasteiger partial charge on any atom is -0.320 e. The molecule has 2 rings (SSSR count). The van der Waals surface area contributed by atoms with Crippen molar-refractivity contribution in [3.05, 3.63) is 52.0 Å². The number of aryl methyl sites for hydroxylation is 1. The molecule has 0 spiro atoms. The van der Waals surface area contributed by atoms with E-state index in [1.807, 2.05) is 12.1 Å². The maximum atomic E-state index is 6.11. The summed E-state index contributed by atoms with van der Waals surface area (Å²) in [4.78, 5) is 5.27. The van der Waals surface area contributed by atoms with Gasteiger partial charge in [0.1, 0.15) is 0 Å². The lowest BCUT2D eigenvalue weighted by Gasteiger charge is -2.09. The number of rotatable bonds is 2. The highest BCUT2D eigenvalue weighted by Crippen LogP contribution is 2.23. The van der Waals surface area contributed by atoms with Crippen molar-refractivity contribution in [2.24, 2.45) is 5.73 Å². The number of hydrogen-bond donors (Lipinski definition) is 1. The Balaban J connectivity index is 2.29. The highest BCUT2D eigenvalue weighted by molar-refractivity contribution is 7.10. The van der Waals surface area contributed by atoms with Crippen LogP contribution in [0.1, 0.15) is 22.0 Å². The number of nitrogens with zero attached hydrogens (tertiary/aromatic N) is 1. The second kappa shape index (κ2) is 3.90. The van der Waals surface area contributed by atoms with Crippen LogP contribution in [0.3, 0.4) is 0 Å². The summed E-state index contributed by atoms with van der Waals surface area (Å²) in [5, 5.41) is 2.11. The van der Waals surface area contributed by atoms with E-state index in [9.17, 15) is 0 Å². The Morgan fingerprint density at radius 2 is 2.00 bits per heavy atom. The van der Waals surface area contributed by atoms with Gasteiger partial charge in [0, 0.05) is 17.3 Å². The normalized spacial score (nSPS) is 12.7. The zero-order chi connectivity index (χ0) is 9.97. The van der Waals surface area contributed by atoms with E-state index in [4.69, 9.17) is 5.73 Å². The van der Waals surface area contributed by atoms with Crippen LogP contribution < -0.4 is 5.73 Å². The maximum Gasteiger partial charge on any atom is 0.0561 e. The van der Waals surface area contributed by atoms with Crippen molar-refractivity contribution in [1.82, 2.24) is 4.98 Å². The molecule has 0 aromatic carbocycles. The smallest absolute Gasteiger partial charge is 0.0561 e. The van der Waals surface area contributed by atoms with Crippen LogP contribution in [0.25, 0.3) is 0 Å². The van der Waals surface area contributed by atoms with Crippen LogP contribution in [0.4, 0.5) is 0 Å². The zero-order valence-corrected chi connectivity index (χ0v) is 8.79. The van der Waals surface area contributed by atoms with Crippen molar-refractivity contribution in [3.63, 3.8) is 0 Å². The summed E-state index contributed by atoms with van der Waals surface area (Å²) in [6.07, 6.45) is 3.54. The molecule has 2 nitrogen and oxygen atoms in total. The lowest BCUT2D eigenvalue weighted by molar-refractivity contribution is 0.872. The number of pyridine rings is 1. The zero-order valence-electron chi connectivity index (χ0n) is 7.97. The van der Waals surface area contributed by atoms with Crippen LogP contribution in [0.5, 0.6) is 0 Å². The van der Waals surface area contributed by atoms with Gasteiger partial charge in [-0.05, 0) is 41.6 Å². The summed E-state index contributed by atoms with van der Waals surface area (Å²) < 4.78 is 0. The Hall–Kier alpha value is -1.19. The maximum absolute atomic E-state index is 6.11. The Morgan fingerprint density at radius 1 is 1.29 bits per heavy atom. The van der Waals surface area contributed by atoms with Crippen LogP contribution in [0.2, 0.25) is 0 Å². The fourth-order valence-corrected chi connectivity index (χ4v) is 2.13. The quantitative estimate of drug-likeness (QED) is 0.816. The third-order valence-electron chi connectivity index (χ3n) is 2.18. The SMILES string of the molecule is Cc1cc(C(N)c2ccncc2)cs1. The molecular formula is C11H12N2S. The number of aromatic nitrogens is 1. The number of nitrogens with two attached hydrogens (primary N) is 1. The number of thiophene rings is 1. The molecule has 0 aliphatic rings. The molecule has 0 aliphatic heterocycles. The van der Waals surface area contributed by atoms with Gasteiger partial charge in [-0.1, -0.05) is 0 Å². The monoisotopic (exact) mass is 204 g/mol. The van der Waals surface area contributed by atoms with Crippen LogP contribution in [0.15, 0.2) is 36.0 Å². The van der Waals surface area contributed by atoms with Gasteiger partial charge in [-0.25, -0.2) is 0 Å². The molecule has 1 unspecified atom stereocenters. The Bertz CT molecular complexity index is 408. The first-order valence-electron chi connectivity index (χ1n) is 4.48. The van der Waals surface area contributed by atoms with E-state index < -0.39 is 0 Å². The molecule has 0 radical (unpaired) electrons. The molecule has 14 heavy (non-hydrogen) atoms. The fraction of sp³-hybridized carbons (Fsp3) is 0.182. The molecule has 0 aliphatic carbocycles. The molecule has 0 bridgehead atoms. The molecule has 2 heterocycles. The highest BCUT2D eigenvalue weighted by Gasteiger charge is 2.09. The largest absolute Gasteiger partial charge is 0.320 e. The van der Waals surface area contributed by atoms with Crippen molar-refractivity contribution < 1.29 is 0 Å². The summed E-state index contributed by atoms with van der Waals surface area (Å²) in [5.74, 6) is 0. The van der Waals surface area contributed by atoms with Gasteiger partial charge in [-0.3, -0.25) is 4.98 Å². The van der Waals surface area contributed by atoms with E-state index in [0.717, 1.165) is 5.56 Å². The Labute approximate surface area is 87.4 Å². The fourth-order valence-electron chi connectivity index (χ4n) is 1.39. The highest BCUT2D eigenvalue weighted by atomic mass is 32.1. The summed E-state index contributed by atoms with van der Waals surface area (Å²) >= 11 is 1.73. The van der Waals surface area contributed by atoms with Crippen molar-refractivity contribution >= 4 is 11.3 Å². The van der Waals surface area contributed by atoms with Crippen LogP contribution in [-0.2, 0) is 0 Å². The second-order valence-electron chi connectivity index (χ2n) is 3.25. The predicted octanol–water partition coefficient (Wildman–Crippen LogP) is 2.50. The molecular weight excluding hydrogens is 192 g/mol. The molecule has 72 valence electrons. The third kappa shape index (κ3) is 1.84. The van der Waals surface area contributed by atoms with Crippen LogP contribution in [0, 0.1) is 6.92 Å².